The van der Waals surface area contributed by atoms with Crippen molar-refractivity contribution >= 4 is 5.97 Å². The smallest absolute Gasteiger partial charge is 0.307 e. The molecule has 0 aliphatic rings. The van der Waals surface area contributed by atoms with Crippen molar-refractivity contribution in [2.24, 2.45) is 17.6 Å². The van der Waals surface area contributed by atoms with E-state index in [4.69, 9.17) is 15.6 Å². The van der Waals surface area contributed by atoms with Crippen molar-refractivity contribution in [3.63, 3.8) is 0 Å². The molecule has 1 rings (SSSR count). The Labute approximate surface area is 114 Å². The van der Waals surface area contributed by atoms with Crippen molar-refractivity contribution in [3.8, 4) is 5.75 Å². The molecule has 4 heteroatoms. The minimum Gasteiger partial charge on any atom is -0.496 e. The third-order valence-corrected chi connectivity index (χ3v) is 3.36. The first-order chi connectivity index (χ1) is 8.97. The first kappa shape index (κ1) is 15.5. The molecule has 0 bridgehead atoms. The summed E-state index contributed by atoms with van der Waals surface area (Å²) in [5.41, 5.74) is 7.78. The van der Waals surface area contributed by atoms with E-state index < -0.39 is 11.9 Å². The summed E-state index contributed by atoms with van der Waals surface area (Å²) in [6.45, 7) is 4.26. The van der Waals surface area contributed by atoms with Crippen LogP contribution in [0.4, 0.5) is 0 Å². The number of carbonyl (C=O) groups is 1. The topological polar surface area (TPSA) is 72.5 Å². The van der Waals surface area contributed by atoms with Crippen molar-refractivity contribution in [1.29, 1.82) is 0 Å². The molecule has 4 nitrogen and oxygen atoms in total. The van der Waals surface area contributed by atoms with Gasteiger partial charge in [-0.15, -0.1) is 0 Å². The van der Waals surface area contributed by atoms with E-state index in [0.29, 0.717) is 6.42 Å². The van der Waals surface area contributed by atoms with Gasteiger partial charge in [0.05, 0.1) is 13.0 Å². The molecular weight excluding hydrogens is 242 g/mol. The summed E-state index contributed by atoms with van der Waals surface area (Å²) >= 11 is 0. The largest absolute Gasteiger partial charge is 0.496 e. The number of rotatable bonds is 7. The molecule has 3 N–H and O–H groups in total. The summed E-state index contributed by atoms with van der Waals surface area (Å²) in [4.78, 5) is 11.0. The monoisotopic (exact) mass is 265 g/mol. The fourth-order valence-corrected chi connectivity index (χ4v) is 2.34. The highest BCUT2D eigenvalue weighted by molar-refractivity contribution is 5.70. The zero-order chi connectivity index (χ0) is 14.4. The number of nitrogens with two attached hydrogens (primary N) is 1. The zero-order valence-corrected chi connectivity index (χ0v) is 11.8. The van der Waals surface area contributed by atoms with E-state index in [-0.39, 0.29) is 12.5 Å². The van der Waals surface area contributed by atoms with Crippen LogP contribution in [0.3, 0.4) is 0 Å². The number of carboxylic acid groups (broad SMARTS) is 1. The minimum absolute atomic E-state index is 0.196. The van der Waals surface area contributed by atoms with Crippen LogP contribution in [0.25, 0.3) is 0 Å². The quantitative estimate of drug-likeness (QED) is 0.793. The van der Waals surface area contributed by atoms with Gasteiger partial charge in [0.2, 0.25) is 0 Å². The van der Waals surface area contributed by atoms with Gasteiger partial charge in [-0.3, -0.25) is 4.79 Å². The van der Waals surface area contributed by atoms with E-state index in [0.717, 1.165) is 17.7 Å². The van der Waals surface area contributed by atoms with Crippen molar-refractivity contribution < 1.29 is 14.6 Å². The number of hydrogen-bond donors (Lipinski definition) is 2. The summed E-state index contributed by atoms with van der Waals surface area (Å²) in [6, 6.07) is 6.07. The lowest BCUT2D eigenvalue weighted by Crippen LogP contribution is -2.25. The first-order valence-electron chi connectivity index (χ1n) is 6.54. The molecule has 2 unspecified atom stereocenters. The molecule has 0 radical (unpaired) electrons. The van der Waals surface area contributed by atoms with Crippen LogP contribution < -0.4 is 10.5 Å². The molecule has 1 aromatic rings. The summed E-state index contributed by atoms with van der Waals surface area (Å²) in [5.74, 6) is -0.0891. The second kappa shape index (κ2) is 7.14. The van der Waals surface area contributed by atoms with Crippen molar-refractivity contribution in [3.05, 3.63) is 29.3 Å². The third-order valence-electron chi connectivity index (χ3n) is 3.36. The van der Waals surface area contributed by atoms with Crippen molar-refractivity contribution in [2.75, 3.05) is 13.7 Å². The standard InChI is InChI=1S/C15H23NO3/c1-10(7-13(9-16)15(17)18)6-12-4-5-14(19-3)11(2)8-12/h4-5,8,10,13H,6-7,9,16H2,1-3H3,(H,17,18). The third kappa shape index (κ3) is 4.56. The van der Waals surface area contributed by atoms with Gasteiger partial charge in [-0.1, -0.05) is 19.1 Å². The molecule has 19 heavy (non-hydrogen) atoms. The Balaban J connectivity index is 2.64. The van der Waals surface area contributed by atoms with Crippen LogP contribution in [0.15, 0.2) is 18.2 Å². The van der Waals surface area contributed by atoms with Gasteiger partial charge < -0.3 is 15.6 Å². The number of hydrogen-bond acceptors (Lipinski definition) is 3. The van der Waals surface area contributed by atoms with E-state index in [1.54, 1.807) is 7.11 Å². The maximum absolute atomic E-state index is 11.0. The molecule has 0 aromatic heterocycles. The number of aliphatic carboxylic acids is 1. The van der Waals surface area contributed by atoms with Gasteiger partial charge in [0.1, 0.15) is 5.75 Å². The van der Waals surface area contributed by atoms with Gasteiger partial charge in [0.15, 0.2) is 0 Å². The molecule has 0 heterocycles. The normalized spacial score (nSPS) is 13.9. The molecule has 2 atom stereocenters. The van der Waals surface area contributed by atoms with E-state index in [2.05, 4.69) is 13.0 Å². The summed E-state index contributed by atoms with van der Waals surface area (Å²) in [6.07, 6.45) is 1.46. The molecule has 1 aromatic carbocycles. The molecule has 0 saturated carbocycles. The van der Waals surface area contributed by atoms with Gasteiger partial charge >= 0.3 is 5.97 Å². The maximum Gasteiger partial charge on any atom is 0.307 e. The van der Waals surface area contributed by atoms with Crippen LogP contribution in [0, 0.1) is 18.8 Å². The van der Waals surface area contributed by atoms with E-state index in [1.165, 1.54) is 5.56 Å². The molecule has 0 amide bonds. The molecular formula is C15H23NO3. The van der Waals surface area contributed by atoms with Crippen LogP contribution >= 0.6 is 0 Å². The van der Waals surface area contributed by atoms with E-state index in [1.807, 2.05) is 19.1 Å². The fourth-order valence-electron chi connectivity index (χ4n) is 2.34. The number of carboxylic acids is 1. The Morgan fingerprint density at radius 3 is 2.63 bits per heavy atom. The molecule has 0 spiro atoms. The van der Waals surface area contributed by atoms with Crippen LogP contribution in [-0.4, -0.2) is 24.7 Å². The summed E-state index contributed by atoms with van der Waals surface area (Å²) in [5, 5.41) is 9.00. The molecule has 106 valence electrons. The van der Waals surface area contributed by atoms with E-state index in [9.17, 15) is 4.79 Å². The number of methoxy groups -OCH3 is 1. The number of ether oxygens (including phenoxy) is 1. The lowest BCUT2D eigenvalue weighted by molar-refractivity contribution is -0.141. The highest BCUT2D eigenvalue weighted by atomic mass is 16.5. The zero-order valence-electron chi connectivity index (χ0n) is 11.8. The molecule has 0 saturated heterocycles. The second-order valence-electron chi connectivity index (χ2n) is 5.12. The fraction of sp³-hybridized carbons (Fsp3) is 0.533. The maximum atomic E-state index is 11.0. The van der Waals surface area contributed by atoms with Crippen LogP contribution in [0.1, 0.15) is 24.5 Å². The Hall–Kier alpha value is -1.55. The van der Waals surface area contributed by atoms with Crippen molar-refractivity contribution in [1.82, 2.24) is 0 Å². The van der Waals surface area contributed by atoms with Gasteiger partial charge in [-0.25, -0.2) is 0 Å². The van der Waals surface area contributed by atoms with Gasteiger partial charge in [0, 0.05) is 6.54 Å². The summed E-state index contributed by atoms with van der Waals surface area (Å²) in [7, 11) is 1.66. The van der Waals surface area contributed by atoms with Gasteiger partial charge in [-0.2, -0.15) is 0 Å². The van der Waals surface area contributed by atoms with Crippen molar-refractivity contribution in [2.45, 2.75) is 26.7 Å². The van der Waals surface area contributed by atoms with Crippen LogP contribution in [0.5, 0.6) is 5.75 Å². The highest BCUT2D eigenvalue weighted by Crippen LogP contribution is 2.22. The predicted molar refractivity (Wildman–Crippen MR) is 75.4 cm³/mol. The van der Waals surface area contributed by atoms with Crippen LogP contribution in [-0.2, 0) is 11.2 Å². The molecule has 0 fully saturated rings. The summed E-state index contributed by atoms with van der Waals surface area (Å²) < 4.78 is 5.22. The number of aryl methyl sites for hydroxylation is 1. The SMILES string of the molecule is COc1ccc(CC(C)CC(CN)C(=O)O)cc1C. The average molecular weight is 265 g/mol. The molecule has 0 aliphatic carbocycles. The van der Waals surface area contributed by atoms with Crippen LogP contribution in [0.2, 0.25) is 0 Å². The Bertz CT molecular complexity index is 431. The second-order valence-corrected chi connectivity index (χ2v) is 5.12. The Morgan fingerprint density at radius 1 is 1.47 bits per heavy atom. The lowest BCUT2D eigenvalue weighted by Gasteiger charge is -2.17. The predicted octanol–water partition coefficient (Wildman–Crippen LogP) is 2.23. The number of benzene rings is 1. The van der Waals surface area contributed by atoms with E-state index >= 15 is 0 Å². The minimum atomic E-state index is -0.805. The van der Waals surface area contributed by atoms with Gasteiger partial charge in [0.25, 0.3) is 0 Å². The first-order valence-corrected chi connectivity index (χ1v) is 6.54. The Morgan fingerprint density at radius 2 is 2.16 bits per heavy atom. The molecule has 0 aliphatic heterocycles. The van der Waals surface area contributed by atoms with Gasteiger partial charge in [-0.05, 0) is 42.9 Å². The lowest BCUT2D eigenvalue weighted by atomic mass is 9.90. The Kier molecular flexibility index (Phi) is 5.83. The average Bonchev–Trinajstić information content (AvgIpc) is 2.35. The highest BCUT2D eigenvalue weighted by Gasteiger charge is 2.19.